The van der Waals surface area contributed by atoms with Crippen LogP contribution in [0.1, 0.15) is 11.3 Å². The van der Waals surface area contributed by atoms with Gasteiger partial charge in [0.2, 0.25) is 6.41 Å². The Kier molecular flexibility index (Phi) is 3.30. The van der Waals surface area contributed by atoms with Gasteiger partial charge in [-0.25, -0.2) is 0 Å². The van der Waals surface area contributed by atoms with Gasteiger partial charge in [-0.3, -0.25) is 9.78 Å². The van der Waals surface area contributed by atoms with E-state index in [4.69, 9.17) is 0 Å². The molecule has 1 fully saturated rings. The number of benzene rings is 1. The summed E-state index contributed by atoms with van der Waals surface area (Å²) in [5.74, 6) is 0. The number of fused-ring (bicyclic) bond motifs is 1. The number of para-hydroxylation sites is 1. The first-order chi connectivity index (χ1) is 9.69. The third kappa shape index (κ3) is 2.22. The Morgan fingerprint density at radius 3 is 2.60 bits per heavy atom. The molecule has 1 aliphatic heterocycles. The summed E-state index contributed by atoms with van der Waals surface area (Å²) in [6.07, 6.45) is 0.942. The normalized spacial score (nSPS) is 15.7. The predicted molar refractivity (Wildman–Crippen MR) is 81.1 cm³/mol. The van der Waals surface area contributed by atoms with E-state index < -0.39 is 0 Å². The van der Waals surface area contributed by atoms with E-state index in [0.717, 1.165) is 43.8 Å². The van der Waals surface area contributed by atoms with Crippen LogP contribution in [-0.4, -0.2) is 42.5 Å². The molecule has 1 amide bonds. The van der Waals surface area contributed by atoms with Gasteiger partial charge in [0.1, 0.15) is 0 Å². The van der Waals surface area contributed by atoms with Crippen molar-refractivity contribution in [3.63, 3.8) is 0 Å². The van der Waals surface area contributed by atoms with Gasteiger partial charge in [-0.1, -0.05) is 18.2 Å². The van der Waals surface area contributed by atoms with Gasteiger partial charge in [0.25, 0.3) is 0 Å². The lowest BCUT2D eigenvalue weighted by Crippen LogP contribution is -2.45. The topological polar surface area (TPSA) is 36.4 Å². The average molecular weight is 269 g/mol. The molecule has 1 aromatic heterocycles. The Bertz CT molecular complexity index is 645. The molecular formula is C16H19N3O. The van der Waals surface area contributed by atoms with Crippen molar-refractivity contribution >= 4 is 23.0 Å². The van der Waals surface area contributed by atoms with Crippen molar-refractivity contribution in [2.45, 2.75) is 13.8 Å². The highest BCUT2D eigenvalue weighted by Crippen LogP contribution is 2.29. The summed E-state index contributed by atoms with van der Waals surface area (Å²) in [4.78, 5) is 19.7. The van der Waals surface area contributed by atoms with E-state index >= 15 is 0 Å². The number of nitrogens with zero attached hydrogens (tertiary/aromatic N) is 3. The van der Waals surface area contributed by atoms with Crippen LogP contribution in [0.2, 0.25) is 0 Å². The quantitative estimate of drug-likeness (QED) is 0.784. The SMILES string of the molecule is Cc1cc(N2CCN(C=O)CC2)c2cccc(C)c2n1. The molecule has 0 bridgehead atoms. The molecule has 0 atom stereocenters. The lowest BCUT2D eigenvalue weighted by atomic mass is 10.1. The zero-order valence-electron chi connectivity index (χ0n) is 12.0. The van der Waals surface area contributed by atoms with Crippen molar-refractivity contribution in [3.05, 3.63) is 35.5 Å². The van der Waals surface area contributed by atoms with Crippen molar-refractivity contribution < 1.29 is 4.79 Å². The molecule has 2 heterocycles. The lowest BCUT2D eigenvalue weighted by molar-refractivity contribution is -0.118. The van der Waals surface area contributed by atoms with Gasteiger partial charge in [0.15, 0.2) is 0 Å². The minimum Gasteiger partial charge on any atom is -0.367 e. The van der Waals surface area contributed by atoms with E-state index in [2.05, 4.69) is 41.1 Å². The number of amides is 1. The van der Waals surface area contributed by atoms with Gasteiger partial charge in [-0.2, -0.15) is 0 Å². The smallest absolute Gasteiger partial charge is 0.209 e. The largest absolute Gasteiger partial charge is 0.367 e. The Hall–Kier alpha value is -2.10. The molecule has 0 spiro atoms. The van der Waals surface area contributed by atoms with Gasteiger partial charge in [0.05, 0.1) is 5.52 Å². The van der Waals surface area contributed by atoms with Gasteiger partial charge in [0, 0.05) is 42.9 Å². The number of pyridine rings is 1. The van der Waals surface area contributed by atoms with Crippen LogP contribution in [0.3, 0.4) is 0 Å². The van der Waals surface area contributed by atoms with Crippen LogP contribution in [0.25, 0.3) is 10.9 Å². The summed E-state index contributed by atoms with van der Waals surface area (Å²) in [6.45, 7) is 7.48. The molecule has 1 aromatic carbocycles. The minimum absolute atomic E-state index is 0.790. The predicted octanol–water partition coefficient (Wildman–Crippen LogP) is 2.13. The standard InChI is InChI=1S/C16H19N3O/c1-12-4-3-5-14-15(10-13(2)17-16(12)14)19-8-6-18(11-20)7-9-19/h3-5,10-11H,6-9H2,1-2H3. The first-order valence-corrected chi connectivity index (χ1v) is 7.00. The number of carbonyl (C=O) groups is 1. The minimum atomic E-state index is 0.790. The maximum atomic E-state index is 10.8. The zero-order valence-corrected chi connectivity index (χ0v) is 12.0. The summed E-state index contributed by atoms with van der Waals surface area (Å²) in [7, 11) is 0. The maximum Gasteiger partial charge on any atom is 0.209 e. The molecular weight excluding hydrogens is 250 g/mol. The third-order valence-electron chi connectivity index (χ3n) is 3.95. The fourth-order valence-corrected chi connectivity index (χ4v) is 2.83. The molecule has 0 radical (unpaired) electrons. The molecule has 0 unspecified atom stereocenters. The Morgan fingerprint density at radius 1 is 1.15 bits per heavy atom. The molecule has 3 rings (SSSR count). The van der Waals surface area contributed by atoms with Crippen molar-refractivity contribution in [2.24, 2.45) is 0 Å². The number of aryl methyl sites for hydroxylation is 2. The lowest BCUT2D eigenvalue weighted by Gasteiger charge is -2.35. The molecule has 1 aliphatic rings. The first-order valence-electron chi connectivity index (χ1n) is 7.00. The number of hydrogen-bond acceptors (Lipinski definition) is 3. The average Bonchev–Trinajstić information content (AvgIpc) is 2.48. The van der Waals surface area contributed by atoms with Crippen LogP contribution in [0, 0.1) is 13.8 Å². The molecule has 104 valence electrons. The van der Waals surface area contributed by atoms with Crippen molar-refractivity contribution in [3.8, 4) is 0 Å². The number of carbonyl (C=O) groups excluding carboxylic acids is 1. The second-order valence-electron chi connectivity index (χ2n) is 5.38. The van der Waals surface area contributed by atoms with Crippen LogP contribution in [-0.2, 0) is 4.79 Å². The number of hydrogen-bond donors (Lipinski definition) is 0. The van der Waals surface area contributed by atoms with E-state index in [1.54, 1.807) is 0 Å². The number of piperazine rings is 1. The van der Waals surface area contributed by atoms with Crippen molar-refractivity contribution in [1.29, 1.82) is 0 Å². The summed E-state index contributed by atoms with van der Waals surface area (Å²) in [5, 5.41) is 1.20. The molecule has 20 heavy (non-hydrogen) atoms. The van der Waals surface area contributed by atoms with Gasteiger partial charge < -0.3 is 9.80 Å². The van der Waals surface area contributed by atoms with Crippen LogP contribution in [0.15, 0.2) is 24.3 Å². The van der Waals surface area contributed by atoms with E-state index in [1.807, 2.05) is 11.8 Å². The van der Waals surface area contributed by atoms with E-state index in [9.17, 15) is 4.79 Å². The van der Waals surface area contributed by atoms with E-state index in [0.29, 0.717) is 0 Å². The summed E-state index contributed by atoms with van der Waals surface area (Å²) >= 11 is 0. The van der Waals surface area contributed by atoms with Crippen LogP contribution in [0.5, 0.6) is 0 Å². The van der Waals surface area contributed by atoms with Gasteiger partial charge >= 0.3 is 0 Å². The van der Waals surface area contributed by atoms with Gasteiger partial charge in [-0.15, -0.1) is 0 Å². The number of aromatic nitrogens is 1. The van der Waals surface area contributed by atoms with Gasteiger partial charge in [-0.05, 0) is 25.5 Å². The highest BCUT2D eigenvalue weighted by molar-refractivity contribution is 5.93. The van der Waals surface area contributed by atoms with E-state index in [1.165, 1.54) is 16.6 Å². The van der Waals surface area contributed by atoms with Crippen molar-refractivity contribution in [2.75, 3.05) is 31.1 Å². The Morgan fingerprint density at radius 2 is 1.90 bits per heavy atom. The summed E-state index contributed by atoms with van der Waals surface area (Å²) in [5.41, 5.74) is 4.57. The van der Waals surface area contributed by atoms with E-state index in [-0.39, 0.29) is 0 Å². The fraction of sp³-hybridized carbons (Fsp3) is 0.375. The first kappa shape index (κ1) is 12.9. The molecule has 1 saturated heterocycles. The van der Waals surface area contributed by atoms with Crippen molar-refractivity contribution in [1.82, 2.24) is 9.88 Å². The fourth-order valence-electron chi connectivity index (χ4n) is 2.83. The molecule has 2 aromatic rings. The maximum absolute atomic E-state index is 10.8. The third-order valence-corrected chi connectivity index (χ3v) is 3.95. The second-order valence-corrected chi connectivity index (χ2v) is 5.38. The molecule has 0 saturated carbocycles. The highest BCUT2D eigenvalue weighted by atomic mass is 16.1. The zero-order chi connectivity index (χ0) is 14.1. The van der Waals surface area contributed by atoms with Crippen LogP contribution in [0.4, 0.5) is 5.69 Å². The molecule has 0 aliphatic carbocycles. The second kappa shape index (κ2) is 5.12. The number of anilines is 1. The molecule has 4 heteroatoms. The molecule has 4 nitrogen and oxygen atoms in total. The van der Waals surface area contributed by atoms with Crippen LogP contribution >= 0.6 is 0 Å². The summed E-state index contributed by atoms with van der Waals surface area (Å²) in [6, 6.07) is 8.47. The Balaban J connectivity index is 2.03. The summed E-state index contributed by atoms with van der Waals surface area (Å²) < 4.78 is 0. The highest BCUT2D eigenvalue weighted by Gasteiger charge is 2.18. The Labute approximate surface area is 119 Å². The number of rotatable bonds is 2. The van der Waals surface area contributed by atoms with Crippen LogP contribution < -0.4 is 4.90 Å². The monoisotopic (exact) mass is 269 g/mol. The molecule has 0 N–H and O–H groups in total.